The highest BCUT2D eigenvalue weighted by Gasteiger charge is 2.50. The number of ether oxygens (including phenoxy) is 3. The van der Waals surface area contributed by atoms with Crippen LogP contribution in [0.3, 0.4) is 0 Å². The molecule has 4 rings (SSSR count). The van der Waals surface area contributed by atoms with Gasteiger partial charge in [0.05, 0.1) is 24.9 Å². The molecule has 7 heteroatoms. The molecule has 0 unspecified atom stereocenters. The lowest BCUT2D eigenvalue weighted by Gasteiger charge is -2.17. The summed E-state index contributed by atoms with van der Waals surface area (Å²) in [6.07, 6.45) is 4.01. The summed E-state index contributed by atoms with van der Waals surface area (Å²) in [5.41, 5.74) is 2.22. The quantitative estimate of drug-likeness (QED) is 0.689. The van der Waals surface area contributed by atoms with Crippen molar-refractivity contribution in [3.8, 4) is 22.9 Å². The predicted molar refractivity (Wildman–Crippen MR) is 115 cm³/mol. The third-order valence-electron chi connectivity index (χ3n) is 5.82. The Bertz CT molecular complexity index is 977. The maximum absolute atomic E-state index is 12.6. The van der Waals surface area contributed by atoms with Gasteiger partial charge >= 0.3 is 0 Å². The van der Waals surface area contributed by atoms with Crippen LogP contribution in [0.1, 0.15) is 38.7 Å². The Morgan fingerprint density at radius 1 is 1.23 bits per heavy atom. The van der Waals surface area contributed by atoms with Crippen molar-refractivity contribution >= 4 is 11.7 Å². The average Bonchev–Trinajstić information content (AvgIpc) is 3.42. The normalized spacial score (nSPS) is 20.5. The maximum atomic E-state index is 12.6. The van der Waals surface area contributed by atoms with E-state index in [1.54, 1.807) is 6.20 Å². The van der Waals surface area contributed by atoms with Crippen LogP contribution in [-0.4, -0.2) is 36.5 Å². The van der Waals surface area contributed by atoms with E-state index in [1.165, 1.54) is 0 Å². The molecule has 1 saturated heterocycles. The minimum absolute atomic E-state index is 0.0691. The summed E-state index contributed by atoms with van der Waals surface area (Å²) in [4.78, 5) is 16.8. The van der Waals surface area contributed by atoms with Crippen molar-refractivity contribution in [2.75, 3.05) is 18.5 Å². The van der Waals surface area contributed by atoms with Crippen LogP contribution in [0, 0.1) is 23.2 Å². The summed E-state index contributed by atoms with van der Waals surface area (Å²) in [7, 11) is 0. The lowest BCUT2D eigenvalue weighted by Crippen LogP contribution is -2.20. The van der Waals surface area contributed by atoms with Crippen molar-refractivity contribution in [3.63, 3.8) is 0 Å². The van der Waals surface area contributed by atoms with Gasteiger partial charge in [-0.25, -0.2) is 4.98 Å². The first kappa shape index (κ1) is 21.3. The molecule has 2 heterocycles. The highest BCUT2D eigenvalue weighted by atomic mass is 16.7. The molecule has 31 heavy (non-hydrogen) atoms. The van der Waals surface area contributed by atoms with Crippen molar-refractivity contribution in [3.05, 3.63) is 42.1 Å². The molecular weight excluding hydrogens is 394 g/mol. The van der Waals surface area contributed by atoms with Crippen molar-refractivity contribution in [1.29, 1.82) is 5.26 Å². The first-order chi connectivity index (χ1) is 15.1. The van der Waals surface area contributed by atoms with Gasteiger partial charge in [-0.2, -0.15) is 5.26 Å². The zero-order valence-electron chi connectivity index (χ0n) is 17.8. The molecule has 2 fully saturated rings. The summed E-state index contributed by atoms with van der Waals surface area (Å²) in [5, 5.41) is 12.5. The Hall–Kier alpha value is -2.95. The standard InChI is InChI=1S/C24H27N3O4/c1-3-18(4-2)31-21-6-5-15(11-17(21)14-25)16-7-8-26-22(12-16)27-23(28)19-13-20(19)24-29-9-10-30-24/h5-8,11-12,18-20,24H,3-4,9-10,13H2,1-2H3,(H,26,27,28)/t19-,20-/m1/s1. The summed E-state index contributed by atoms with van der Waals surface area (Å²) in [6.45, 7) is 5.31. The molecule has 1 aromatic carbocycles. The first-order valence-electron chi connectivity index (χ1n) is 10.8. The van der Waals surface area contributed by atoms with Gasteiger partial charge in [-0.3, -0.25) is 4.79 Å². The van der Waals surface area contributed by atoms with E-state index in [0.717, 1.165) is 30.4 Å². The first-order valence-corrected chi connectivity index (χ1v) is 10.8. The van der Waals surface area contributed by atoms with E-state index >= 15 is 0 Å². The Balaban J connectivity index is 1.45. The number of carbonyl (C=O) groups is 1. The monoisotopic (exact) mass is 421 g/mol. The van der Waals surface area contributed by atoms with Crippen LogP contribution in [0.4, 0.5) is 5.82 Å². The molecule has 1 aliphatic heterocycles. The van der Waals surface area contributed by atoms with Gasteiger partial charge in [-0.1, -0.05) is 19.9 Å². The Morgan fingerprint density at radius 3 is 2.68 bits per heavy atom. The number of anilines is 1. The number of nitrogens with zero attached hydrogens (tertiary/aromatic N) is 2. The molecule has 2 aromatic rings. The molecule has 1 N–H and O–H groups in total. The van der Waals surface area contributed by atoms with E-state index in [4.69, 9.17) is 14.2 Å². The van der Waals surface area contributed by atoms with Crippen molar-refractivity contribution < 1.29 is 19.0 Å². The van der Waals surface area contributed by atoms with Gasteiger partial charge in [0.15, 0.2) is 6.29 Å². The largest absolute Gasteiger partial charge is 0.489 e. The van der Waals surface area contributed by atoms with Gasteiger partial charge in [-0.15, -0.1) is 0 Å². The molecule has 0 spiro atoms. The van der Waals surface area contributed by atoms with Gasteiger partial charge in [-0.05, 0) is 54.7 Å². The van der Waals surface area contributed by atoms with Gasteiger partial charge in [0.25, 0.3) is 0 Å². The number of pyridine rings is 1. The third-order valence-corrected chi connectivity index (χ3v) is 5.82. The van der Waals surface area contributed by atoms with Gasteiger partial charge in [0.2, 0.25) is 5.91 Å². The predicted octanol–water partition coefficient (Wildman–Crippen LogP) is 4.14. The molecule has 1 aromatic heterocycles. The smallest absolute Gasteiger partial charge is 0.229 e. The van der Waals surface area contributed by atoms with Crippen LogP contribution in [0.25, 0.3) is 11.1 Å². The molecule has 0 bridgehead atoms. The van der Waals surface area contributed by atoms with Crippen LogP contribution >= 0.6 is 0 Å². The fraction of sp³-hybridized carbons (Fsp3) is 0.458. The number of nitriles is 1. The second kappa shape index (κ2) is 9.46. The molecule has 1 amide bonds. The average molecular weight is 421 g/mol. The molecule has 0 radical (unpaired) electrons. The lowest BCUT2D eigenvalue weighted by atomic mass is 10.0. The third kappa shape index (κ3) is 4.87. The maximum Gasteiger partial charge on any atom is 0.229 e. The lowest BCUT2D eigenvalue weighted by molar-refractivity contribution is -0.119. The van der Waals surface area contributed by atoms with E-state index in [0.29, 0.717) is 30.3 Å². The fourth-order valence-electron chi connectivity index (χ4n) is 3.87. The second-order valence-corrected chi connectivity index (χ2v) is 7.91. The molecule has 1 saturated carbocycles. The van der Waals surface area contributed by atoms with E-state index in [1.807, 2.05) is 30.3 Å². The van der Waals surface area contributed by atoms with Gasteiger partial charge < -0.3 is 19.5 Å². The van der Waals surface area contributed by atoms with Crippen molar-refractivity contribution in [2.45, 2.75) is 45.5 Å². The zero-order valence-corrected chi connectivity index (χ0v) is 17.8. The van der Waals surface area contributed by atoms with E-state index in [2.05, 4.69) is 30.2 Å². The zero-order chi connectivity index (χ0) is 21.8. The van der Waals surface area contributed by atoms with E-state index in [9.17, 15) is 10.1 Å². The second-order valence-electron chi connectivity index (χ2n) is 7.91. The van der Waals surface area contributed by atoms with E-state index < -0.39 is 0 Å². The Morgan fingerprint density at radius 2 is 1.97 bits per heavy atom. The minimum atomic E-state index is -0.264. The van der Waals surface area contributed by atoms with Gasteiger partial charge in [0, 0.05) is 18.0 Å². The number of benzene rings is 1. The number of rotatable bonds is 8. The summed E-state index contributed by atoms with van der Waals surface area (Å²) in [6, 6.07) is 11.5. The molecule has 2 atom stereocenters. The highest BCUT2D eigenvalue weighted by molar-refractivity contribution is 5.94. The van der Waals surface area contributed by atoms with Gasteiger partial charge in [0.1, 0.15) is 17.6 Å². The highest BCUT2D eigenvalue weighted by Crippen LogP contribution is 2.44. The number of carbonyl (C=O) groups excluding carboxylic acids is 1. The molecular formula is C24H27N3O4. The van der Waals surface area contributed by atoms with Crippen LogP contribution in [0.15, 0.2) is 36.5 Å². The van der Waals surface area contributed by atoms with Crippen LogP contribution in [0.2, 0.25) is 0 Å². The fourth-order valence-corrected chi connectivity index (χ4v) is 3.87. The Kier molecular flexibility index (Phi) is 6.50. The van der Waals surface area contributed by atoms with Crippen LogP contribution in [-0.2, 0) is 14.3 Å². The molecule has 162 valence electrons. The summed E-state index contributed by atoms with van der Waals surface area (Å²) in [5.74, 6) is 1.02. The molecule has 2 aliphatic rings. The minimum Gasteiger partial charge on any atom is -0.489 e. The molecule has 7 nitrogen and oxygen atoms in total. The van der Waals surface area contributed by atoms with Crippen molar-refractivity contribution in [1.82, 2.24) is 4.98 Å². The number of aromatic nitrogens is 1. The number of nitrogens with one attached hydrogen (secondary N) is 1. The number of hydrogen-bond acceptors (Lipinski definition) is 6. The van der Waals surface area contributed by atoms with Crippen LogP contribution in [0.5, 0.6) is 5.75 Å². The Labute approximate surface area is 182 Å². The number of amides is 1. The topological polar surface area (TPSA) is 93.5 Å². The molecule has 1 aliphatic carbocycles. The summed E-state index contributed by atoms with van der Waals surface area (Å²) < 4.78 is 17.0. The SMILES string of the molecule is CCC(CC)Oc1ccc(-c2ccnc(NC(=O)[C@@H]3C[C@H]3C3OCCO3)c2)cc1C#N. The van der Waals surface area contributed by atoms with Crippen LogP contribution < -0.4 is 10.1 Å². The van der Waals surface area contributed by atoms with E-state index in [-0.39, 0.29) is 30.1 Å². The summed E-state index contributed by atoms with van der Waals surface area (Å²) >= 11 is 0. The number of hydrogen-bond donors (Lipinski definition) is 1. The van der Waals surface area contributed by atoms with Crippen molar-refractivity contribution in [2.24, 2.45) is 11.8 Å².